The maximum atomic E-state index is 4.73. The van der Waals surface area contributed by atoms with Crippen molar-refractivity contribution in [2.45, 2.75) is 33.6 Å². The van der Waals surface area contributed by atoms with Crippen LogP contribution in [0, 0.1) is 0 Å². The zero-order chi connectivity index (χ0) is 17.8. The summed E-state index contributed by atoms with van der Waals surface area (Å²) in [6, 6.07) is 21.0. The fraction of sp³-hybridized carbons (Fsp3) is 0.217. The highest BCUT2D eigenvalue weighted by molar-refractivity contribution is 6.02. The van der Waals surface area contributed by atoms with E-state index in [1.807, 2.05) is 44.3 Å². The van der Waals surface area contributed by atoms with E-state index in [-0.39, 0.29) is 0 Å². The third-order valence-electron chi connectivity index (χ3n) is 4.18. The first-order valence-corrected chi connectivity index (χ1v) is 8.72. The minimum absolute atomic E-state index is 0.546. The number of nitrogens with zero attached hydrogens (tertiary/aromatic N) is 2. The third kappa shape index (κ3) is 4.03. The molecular formula is C23H24N2. The van der Waals surface area contributed by atoms with Gasteiger partial charge in [0.1, 0.15) is 0 Å². The average Bonchev–Trinajstić information content (AvgIpc) is 2.60. The minimum Gasteiger partial charge on any atom is -0.258 e. The van der Waals surface area contributed by atoms with Crippen molar-refractivity contribution in [3.63, 3.8) is 0 Å². The molecule has 0 amide bonds. The summed E-state index contributed by atoms with van der Waals surface area (Å²) >= 11 is 0. The molecule has 0 aliphatic rings. The quantitative estimate of drug-likeness (QED) is 0.469. The first-order chi connectivity index (χ1) is 12.0. The van der Waals surface area contributed by atoms with E-state index in [0.29, 0.717) is 5.92 Å². The standard InChI is InChI=1S/C23H24N2/c1-16(2)19-13-11-18(12-14-19)15-24-22-9-5-8-21-20(22)7-6-10-23(21)25-17(3)4/h5-16H,1-4H3/b24-15+. The highest BCUT2D eigenvalue weighted by Crippen LogP contribution is 2.32. The van der Waals surface area contributed by atoms with Gasteiger partial charge >= 0.3 is 0 Å². The van der Waals surface area contributed by atoms with E-state index in [1.165, 1.54) is 5.56 Å². The number of fused-ring (bicyclic) bond motifs is 1. The van der Waals surface area contributed by atoms with Crippen LogP contribution in [0.15, 0.2) is 70.6 Å². The van der Waals surface area contributed by atoms with E-state index in [9.17, 15) is 0 Å². The Labute approximate surface area is 150 Å². The van der Waals surface area contributed by atoms with Crippen LogP contribution in [0.25, 0.3) is 10.8 Å². The van der Waals surface area contributed by atoms with Gasteiger partial charge in [-0.2, -0.15) is 0 Å². The third-order valence-corrected chi connectivity index (χ3v) is 4.18. The summed E-state index contributed by atoms with van der Waals surface area (Å²) in [6.45, 7) is 8.44. The van der Waals surface area contributed by atoms with Crippen LogP contribution in [0.4, 0.5) is 11.4 Å². The van der Waals surface area contributed by atoms with Crippen molar-refractivity contribution < 1.29 is 0 Å². The smallest absolute Gasteiger partial charge is 0.0709 e. The molecule has 0 saturated heterocycles. The molecule has 0 aliphatic carbocycles. The maximum absolute atomic E-state index is 4.73. The van der Waals surface area contributed by atoms with Crippen molar-refractivity contribution in [1.82, 2.24) is 0 Å². The molecule has 2 heteroatoms. The summed E-state index contributed by atoms with van der Waals surface area (Å²) in [4.78, 5) is 9.36. The predicted octanol–water partition coefficient (Wildman–Crippen LogP) is 6.83. The van der Waals surface area contributed by atoms with Gasteiger partial charge in [0.25, 0.3) is 0 Å². The average molecular weight is 328 g/mol. The normalized spacial score (nSPS) is 11.4. The molecule has 0 radical (unpaired) electrons. The number of benzene rings is 3. The number of hydrogen-bond acceptors (Lipinski definition) is 2. The van der Waals surface area contributed by atoms with Crippen LogP contribution in [0.1, 0.15) is 44.7 Å². The Hall–Kier alpha value is -2.74. The summed E-state index contributed by atoms with van der Waals surface area (Å²) < 4.78 is 0. The molecule has 0 aliphatic heterocycles. The van der Waals surface area contributed by atoms with E-state index in [2.05, 4.69) is 55.2 Å². The second-order valence-corrected chi connectivity index (χ2v) is 6.79. The molecule has 0 atom stereocenters. The molecule has 126 valence electrons. The van der Waals surface area contributed by atoms with Crippen LogP contribution in [0.2, 0.25) is 0 Å². The Bertz CT molecular complexity index is 928. The summed E-state index contributed by atoms with van der Waals surface area (Å²) in [5.74, 6) is 0.546. The molecule has 2 nitrogen and oxygen atoms in total. The molecule has 0 N–H and O–H groups in total. The summed E-state index contributed by atoms with van der Waals surface area (Å²) in [5, 5.41) is 2.26. The Morgan fingerprint density at radius 1 is 0.800 bits per heavy atom. The molecule has 0 spiro atoms. The Morgan fingerprint density at radius 2 is 1.40 bits per heavy atom. The van der Waals surface area contributed by atoms with Crippen LogP contribution < -0.4 is 0 Å². The Morgan fingerprint density at radius 3 is 2.00 bits per heavy atom. The fourth-order valence-corrected chi connectivity index (χ4v) is 2.84. The SMILES string of the molecule is CC(C)=Nc1cccc2c(/N=C/c3ccc(C(C)C)cc3)cccc12. The van der Waals surface area contributed by atoms with E-state index in [4.69, 9.17) is 4.99 Å². The van der Waals surface area contributed by atoms with Crippen molar-refractivity contribution in [2.24, 2.45) is 9.98 Å². The van der Waals surface area contributed by atoms with Crippen LogP contribution in [-0.2, 0) is 0 Å². The monoisotopic (exact) mass is 328 g/mol. The van der Waals surface area contributed by atoms with Crippen molar-refractivity contribution in [2.75, 3.05) is 0 Å². The van der Waals surface area contributed by atoms with Crippen molar-refractivity contribution in [3.8, 4) is 0 Å². The second kappa shape index (κ2) is 7.43. The first kappa shape index (κ1) is 17.1. The topological polar surface area (TPSA) is 24.7 Å². The van der Waals surface area contributed by atoms with Gasteiger partial charge in [-0.25, -0.2) is 0 Å². The van der Waals surface area contributed by atoms with E-state index < -0.39 is 0 Å². The van der Waals surface area contributed by atoms with Crippen LogP contribution in [0.5, 0.6) is 0 Å². The lowest BCUT2D eigenvalue weighted by molar-refractivity contribution is 0.866. The van der Waals surface area contributed by atoms with Gasteiger partial charge in [0.05, 0.1) is 11.4 Å². The molecule has 0 aromatic heterocycles. The highest BCUT2D eigenvalue weighted by atomic mass is 14.7. The van der Waals surface area contributed by atoms with Gasteiger partial charge < -0.3 is 0 Å². The molecule has 3 rings (SSSR count). The van der Waals surface area contributed by atoms with E-state index in [1.54, 1.807) is 0 Å². The van der Waals surface area contributed by atoms with Gasteiger partial charge in [0.2, 0.25) is 0 Å². The van der Waals surface area contributed by atoms with E-state index in [0.717, 1.165) is 33.4 Å². The maximum Gasteiger partial charge on any atom is 0.0709 e. The van der Waals surface area contributed by atoms with Crippen LogP contribution in [0.3, 0.4) is 0 Å². The molecule has 0 fully saturated rings. The van der Waals surface area contributed by atoms with Crippen LogP contribution >= 0.6 is 0 Å². The number of hydrogen-bond donors (Lipinski definition) is 0. The largest absolute Gasteiger partial charge is 0.258 e. The molecule has 3 aromatic rings. The Balaban J connectivity index is 1.97. The van der Waals surface area contributed by atoms with Gasteiger partial charge in [-0.15, -0.1) is 0 Å². The fourth-order valence-electron chi connectivity index (χ4n) is 2.84. The van der Waals surface area contributed by atoms with Crippen molar-refractivity contribution in [1.29, 1.82) is 0 Å². The highest BCUT2D eigenvalue weighted by Gasteiger charge is 2.03. The first-order valence-electron chi connectivity index (χ1n) is 8.72. The second-order valence-electron chi connectivity index (χ2n) is 6.79. The van der Waals surface area contributed by atoms with Gasteiger partial charge in [-0.3, -0.25) is 9.98 Å². The lowest BCUT2D eigenvalue weighted by atomic mass is 10.0. The zero-order valence-electron chi connectivity index (χ0n) is 15.3. The number of rotatable bonds is 4. The molecule has 25 heavy (non-hydrogen) atoms. The predicted molar refractivity (Wildman–Crippen MR) is 110 cm³/mol. The van der Waals surface area contributed by atoms with Gasteiger partial charge in [0.15, 0.2) is 0 Å². The summed E-state index contributed by atoms with van der Waals surface area (Å²) in [7, 11) is 0. The summed E-state index contributed by atoms with van der Waals surface area (Å²) in [5.41, 5.74) is 5.47. The molecule has 3 aromatic carbocycles. The van der Waals surface area contributed by atoms with Crippen LogP contribution in [-0.4, -0.2) is 11.9 Å². The van der Waals surface area contributed by atoms with Gasteiger partial charge in [-0.1, -0.05) is 62.4 Å². The number of aliphatic imine (C=N–C) groups is 2. The minimum atomic E-state index is 0.546. The van der Waals surface area contributed by atoms with Crippen molar-refractivity contribution in [3.05, 3.63) is 71.8 Å². The summed E-state index contributed by atoms with van der Waals surface area (Å²) in [6.07, 6.45) is 1.93. The molecular weight excluding hydrogens is 304 g/mol. The molecule has 0 unspecified atom stereocenters. The Kier molecular flexibility index (Phi) is 5.08. The lowest BCUT2D eigenvalue weighted by Gasteiger charge is -2.06. The van der Waals surface area contributed by atoms with Gasteiger partial charge in [-0.05, 0) is 43.0 Å². The van der Waals surface area contributed by atoms with E-state index >= 15 is 0 Å². The van der Waals surface area contributed by atoms with Crippen molar-refractivity contribution >= 4 is 34.1 Å². The molecule has 0 bridgehead atoms. The lowest BCUT2D eigenvalue weighted by Crippen LogP contribution is -1.88. The molecule has 0 heterocycles. The molecule has 0 saturated carbocycles. The van der Waals surface area contributed by atoms with Gasteiger partial charge in [0, 0.05) is 22.7 Å². The zero-order valence-corrected chi connectivity index (χ0v) is 15.3.